The van der Waals surface area contributed by atoms with E-state index in [0.717, 1.165) is 47.2 Å². The van der Waals surface area contributed by atoms with Crippen molar-refractivity contribution in [1.29, 1.82) is 0 Å². The van der Waals surface area contributed by atoms with Crippen LogP contribution >= 0.6 is 0 Å². The fourth-order valence-electron chi connectivity index (χ4n) is 6.83. The van der Waals surface area contributed by atoms with Gasteiger partial charge in [-0.05, 0) is 78.6 Å². The van der Waals surface area contributed by atoms with Crippen LogP contribution in [0.5, 0.6) is 17.2 Å². The number of benzene rings is 2. The van der Waals surface area contributed by atoms with Crippen molar-refractivity contribution in [2.45, 2.75) is 51.1 Å². The first-order chi connectivity index (χ1) is 21.8. The number of carbonyl (C=O) groups excluding carboxylic acids is 2. The lowest BCUT2D eigenvalue weighted by Crippen LogP contribution is -2.35. The second kappa shape index (κ2) is 12.6. The van der Waals surface area contributed by atoms with Crippen LogP contribution in [-0.2, 0) is 22.4 Å². The molecule has 0 radical (unpaired) electrons. The first kappa shape index (κ1) is 30.1. The Hall–Kier alpha value is -4.99. The van der Waals surface area contributed by atoms with Crippen LogP contribution in [0.3, 0.4) is 0 Å². The third-order valence-electron chi connectivity index (χ3n) is 8.81. The summed E-state index contributed by atoms with van der Waals surface area (Å²) in [5.41, 5.74) is 6.45. The fraction of sp³-hybridized carbons (Fsp3) is 0.343. The summed E-state index contributed by atoms with van der Waals surface area (Å²) in [6.07, 6.45) is 3.96. The highest BCUT2D eigenvalue weighted by atomic mass is 16.5. The third kappa shape index (κ3) is 5.68. The Labute approximate surface area is 261 Å². The van der Waals surface area contributed by atoms with Crippen LogP contribution in [0, 0.1) is 0 Å². The van der Waals surface area contributed by atoms with Gasteiger partial charge < -0.3 is 35.1 Å². The number of carbonyl (C=O) groups is 2. The van der Waals surface area contributed by atoms with Crippen LogP contribution in [0.15, 0.2) is 53.3 Å². The molecule has 2 atom stereocenters. The number of H-pyrrole nitrogens is 1. The normalized spacial score (nSPS) is 16.8. The Morgan fingerprint density at radius 2 is 1.71 bits per heavy atom. The zero-order valence-corrected chi connectivity index (χ0v) is 26.0. The van der Waals surface area contributed by atoms with Gasteiger partial charge in [0.25, 0.3) is 0 Å². The lowest BCUT2D eigenvalue weighted by atomic mass is 9.91. The first-order valence-corrected chi connectivity index (χ1v) is 15.2. The number of rotatable bonds is 8. The van der Waals surface area contributed by atoms with Gasteiger partial charge in [0.05, 0.1) is 45.6 Å². The van der Waals surface area contributed by atoms with Crippen molar-refractivity contribution in [3.05, 3.63) is 81.1 Å². The summed E-state index contributed by atoms with van der Waals surface area (Å²) in [6.45, 7) is 1.39. The summed E-state index contributed by atoms with van der Waals surface area (Å²) in [4.78, 5) is 42.5. The number of hydrogen-bond donors (Lipinski definition) is 4. The molecule has 2 aliphatic carbocycles. The number of aromatic amines is 1. The minimum absolute atomic E-state index is 0.0734. The molecule has 1 aromatic heterocycles. The molecule has 3 aromatic carbocycles. The molecule has 0 saturated heterocycles. The Morgan fingerprint density at radius 1 is 0.911 bits per heavy atom. The number of aryl methyl sites for hydroxylation is 2. The average Bonchev–Trinajstić information content (AvgIpc) is 3.26. The molecular formula is C35H38N4O6. The highest BCUT2D eigenvalue weighted by molar-refractivity contribution is 5.87. The van der Waals surface area contributed by atoms with Crippen molar-refractivity contribution < 1.29 is 23.8 Å². The van der Waals surface area contributed by atoms with Gasteiger partial charge in [0.2, 0.25) is 23.0 Å². The molecule has 6 rings (SSSR count). The largest absolute Gasteiger partial charge is 0.493 e. The second-order valence-electron chi connectivity index (χ2n) is 11.5. The lowest BCUT2D eigenvalue weighted by Gasteiger charge is -2.24. The Bertz CT molecular complexity index is 1850. The Morgan fingerprint density at radius 3 is 2.47 bits per heavy atom. The number of fused-ring (bicyclic) bond motifs is 6. The van der Waals surface area contributed by atoms with E-state index in [1.165, 1.54) is 17.9 Å². The van der Waals surface area contributed by atoms with Crippen LogP contribution in [0.4, 0.5) is 5.69 Å². The predicted molar refractivity (Wildman–Crippen MR) is 173 cm³/mol. The van der Waals surface area contributed by atoms with E-state index in [2.05, 4.69) is 33.1 Å². The van der Waals surface area contributed by atoms with E-state index in [0.29, 0.717) is 35.7 Å². The molecule has 0 saturated carbocycles. The van der Waals surface area contributed by atoms with Crippen molar-refractivity contribution >= 4 is 28.4 Å². The van der Waals surface area contributed by atoms with Crippen LogP contribution in [0.25, 0.3) is 22.0 Å². The summed E-state index contributed by atoms with van der Waals surface area (Å²) in [5, 5.41) is 10.4. The number of hydrogen-bond acceptors (Lipinski definition) is 7. The molecule has 2 aliphatic rings. The second-order valence-corrected chi connectivity index (χ2v) is 11.5. The monoisotopic (exact) mass is 610 g/mol. The maximum absolute atomic E-state index is 13.6. The quantitative estimate of drug-likeness (QED) is 0.222. The standard InChI is InChI=1S/C35H38N4O6/c1-19(40)37-26-14-12-20-16-30(43-2)34(44-3)35(45-4)32(20)22-13-15-27(29(41)17-24(22)26)36-18-31(42)38-28-11-7-9-23-21-8-5-6-10-25(21)39-33(23)28/h5-6,8,10,13,15-17,26,28,39H,7,9,11-12,14,18H2,1-4H3,(H,36,41)(H,37,40)(H,38,42)/t26-,28+/m0/s1. The minimum Gasteiger partial charge on any atom is -0.493 e. The number of amides is 2. The van der Waals surface area contributed by atoms with E-state index in [-0.39, 0.29) is 35.5 Å². The molecule has 4 aromatic rings. The topological polar surface area (TPSA) is 131 Å². The van der Waals surface area contributed by atoms with Gasteiger partial charge in [-0.3, -0.25) is 14.4 Å². The summed E-state index contributed by atoms with van der Waals surface area (Å²) in [7, 11) is 4.68. The first-order valence-electron chi connectivity index (χ1n) is 15.2. The van der Waals surface area contributed by atoms with Gasteiger partial charge in [0.1, 0.15) is 0 Å². The van der Waals surface area contributed by atoms with E-state index in [4.69, 9.17) is 14.2 Å². The minimum atomic E-state index is -0.417. The van der Waals surface area contributed by atoms with E-state index in [9.17, 15) is 14.4 Å². The number of anilines is 1. The highest BCUT2D eigenvalue weighted by Gasteiger charge is 2.30. The van der Waals surface area contributed by atoms with Crippen molar-refractivity contribution in [2.24, 2.45) is 0 Å². The van der Waals surface area contributed by atoms with Gasteiger partial charge in [-0.25, -0.2) is 0 Å². The molecule has 0 bridgehead atoms. The van der Waals surface area contributed by atoms with Crippen molar-refractivity contribution in [3.8, 4) is 28.4 Å². The molecule has 4 N–H and O–H groups in total. The third-order valence-corrected chi connectivity index (χ3v) is 8.81. The van der Waals surface area contributed by atoms with Gasteiger partial charge in [-0.15, -0.1) is 0 Å². The summed E-state index contributed by atoms with van der Waals surface area (Å²) in [6, 6.07) is 14.6. The number of nitrogens with one attached hydrogen (secondary N) is 4. The number of para-hydroxylation sites is 1. The molecule has 2 amide bonds. The molecule has 10 heteroatoms. The van der Waals surface area contributed by atoms with Crippen LogP contribution in [0.1, 0.15) is 60.7 Å². The molecule has 10 nitrogen and oxygen atoms in total. The van der Waals surface area contributed by atoms with E-state index in [1.54, 1.807) is 33.5 Å². The van der Waals surface area contributed by atoms with E-state index in [1.807, 2.05) is 24.3 Å². The molecule has 1 heterocycles. The number of aromatic nitrogens is 1. The molecule has 45 heavy (non-hydrogen) atoms. The molecule has 234 valence electrons. The number of methoxy groups -OCH3 is 3. The summed E-state index contributed by atoms with van der Waals surface area (Å²) < 4.78 is 17.1. The zero-order chi connectivity index (χ0) is 31.7. The fourth-order valence-corrected chi connectivity index (χ4v) is 6.83. The molecule has 0 unspecified atom stereocenters. The van der Waals surface area contributed by atoms with Crippen LogP contribution in [-0.4, -0.2) is 44.7 Å². The lowest BCUT2D eigenvalue weighted by molar-refractivity contribution is -0.120. The van der Waals surface area contributed by atoms with Crippen LogP contribution in [0.2, 0.25) is 0 Å². The van der Waals surface area contributed by atoms with E-state index < -0.39 is 6.04 Å². The molecule has 0 aliphatic heterocycles. The molecule has 0 spiro atoms. The van der Waals surface area contributed by atoms with Gasteiger partial charge in [-0.2, -0.15) is 0 Å². The van der Waals surface area contributed by atoms with Crippen LogP contribution < -0.4 is 35.6 Å². The Balaban J connectivity index is 1.31. The molecular weight excluding hydrogens is 572 g/mol. The van der Waals surface area contributed by atoms with Gasteiger partial charge in [0.15, 0.2) is 11.5 Å². The SMILES string of the molecule is COc1cc2c(c(OC)c1OC)-c1ccc(NCC(=O)N[C@@H]3CCCc4c3[nH]c3ccccc43)c(=O)cc1[C@@H](NC(C)=O)CC2. The molecule has 0 fully saturated rings. The van der Waals surface area contributed by atoms with Gasteiger partial charge in [-0.1, -0.05) is 24.3 Å². The maximum Gasteiger partial charge on any atom is 0.239 e. The summed E-state index contributed by atoms with van der Waals surface area (Å²) in [5.74, 6) is 1.04. The predicted octanol–water partition coefficient (Wildman–Crippen LogP) is 4.95. The zero-order valence-electron chi connectivity index (χ0n) is 26.0. The van der Waals surface area contributed by atoms with Crippen molar-refractivity contribution in [1.82, 2.24) is 15.6 Å². The maximum atomic E-state index is 13.6. The number of ether oxygens (including phenoxy) is 3. The Kier molecular flexibility index (Phi) is 8.38. The summed E-state index contributed by atoms with van der Waals surface area (Å²) >= 11 is 0. The average molecular weight is 611 g/mol. The van der Waals surface area contributed by atoms with Gasteiger partial charge in [0, 0.05) is 29.1 Å². The smallest absolute Gasteiger partial charge is 0.239 e. The van der Waals surface area contributed by atoms with Gasteiger partial charge >= 0.3 is 0 Å². The van der Waals surface area contributed by atoms with Crippen molar-refractivity contribution in [3.63, 3.8) is 0 Å². The van der Waals surface area contributed by atoms with E-state index >= 15 is 0 Å². The van der Waals surface area contributed by atoms with Crippen molar-refractivity contribution in [2.75, 3.05) is 33.2 Å². The highest BCUT2D eigenvalue weighted by Crippen LogP contribution is 2.50.